The van der Waals surface area contributed by atoms with Gasteiger partial charge in [-0.3, -0.25) is 19.4 Å². The van der Waals surface area contributed by atoms with Gasteiger partial charge in [0.1, 0.15) is 0 Å². The van der Waals surface area contributed by atoms with Crippen LogP contribution in [-0.4, -0.2) is 56.1 Å². The molecule has 0 radical (unpaired) electrons. The van der Waals surface area contributed by atoms with Crippen molar-refractivity contribution in [2.75, 3.05) is 34.5 Å². The number of halogens is 2. The molecular weight excluding hydrogens is 403 g/mol. The van der Waals surface area contributed by atoms with E-state index in [9.17, 15) is 9.59 Å². The van der Waals surface area contributed by atoms with E-state index in [1.807, 2.05) is 30.1 Å². The maximum absolute atomic E-state index is 12.6. The second-order valence-electron chi connectivity index (χ2n) is 6.51. The first-order chi connectivity index (χ1) is 13.3. The number of carbonyl (C=O) groups excluding carboxylic acids is 2. The van der Waals surface area contributed by atoms with Crippen LogP contribution in [0.5, 0.6) is 11.5 Å². The summed E-state index contributed by atoms with van der Waals surface area (Å²) in [5.74, 6) is 0.604. The third kappa shape index (κ3) is 3.94. The van der Waals surface area contributed by atoms with Gasteiger partial charge in [0.25, 0.3) is 11.8 Å². The molecular formula is C20H20Cl2N2O4. The van der Waals surface area contributed by atoms with Crippen molar-refractivity contribution < 1.29 is 19.1 Å². The minimum atomic E-state index is -0.364. The lowest BCUT2D eigenvalue weighted by Crippen LogP contribution is -2.40. The number of amides is 2. The van der Waals surface area contributed by atoms with E-state index in [2.05, 4.69) is 0 Å². The van der Waals surface area contributed by atoms with Crippen LogP contribution in [0.2, 0.25) is 10.0 Å². The quantitative estimate of drug-likeness (QED) is 0.636. The molecule has 2 aromatic rings. The molecule has 0 saturated heterocycles. The molecule has 0 atom stereocenters. The van der Waals surface area contributed by atoms with Gasteiger partial charge in [0, 0.05) is 6.54 Å². The van der Waals surface area contributed by atoms with Gasteiger partial charge in [-0.25, -0.2) is 0 Å². The van der Waals surface area contributed by atoms with Gasteiger partial charge in [-0.05, 0) is 43.3 Å². The number of hydrogen-bond acceptors (Lipinski definition) is 5. The Kier molecular flexibility index (Phi) is 6.13. The van der Waals surface area contributed by atoms with Crippen LogP contribution in [0.4, 0.5) is 0 Å². The van der Waals surface area contributed by atoms with Gasteiger partial charge < -0.3 is 9.47 Å². The van der Waals surface area contributed by atoms with Gasteiger partial charge in [-0.1, -0.05) is 29.3 Å². The number of rotatable bonds is 7. The highest BCUT2D eigenvalue weighted by Gasteiger charge is 2.36. The maximum Gasteiger partial charge on any atom is 0.262 e. The molecule has 3 rings (SSSR count). The summed E-state index contributed by atoms with van der Waals surface area (Å²) in [6.45, 7) is 0.819. The molecule has 0 bridgehead atoms. The van der Waals surface area contributed by atoms with E-state index in [1.54, 1.807) is 14.2 Å². The smallest absolute Gasteiger partial charge is 0.262 e. The predicted molar refractivity (Wildman–Crippen MR) is 108 cm³/mol. The standard InChI is InChI=1S/C20H20Cl2N2O4/c1-23(7-6-12-4-5-17(27-2)18(8-12)28-3)11-24-19(25)13-9-15(21)16(22)10-14(13)20(24)26/h4-5,8-10H,6-7,11H2,1-3H3. The van der Waals surface area contributed by atoms with Gasteiger partial charge in [0.15, 0.2) is 11.5 Å². The number of likely N-dealkylation sites (N-methyl/N-ethyl adjacent to an activating group) is 1. The summed E-state index contributed by atoms with van der Waals surface area (Å²) in [5.41, 5.74) is 1.63. The lowest BCUT2D eigenvalue weighted by atomic mass is 10.1. The topological polar surface area (TPSA) is 59.1 Å². The lowest BCUT2D eigenvalue weighted by Gasteiger charge is -2.23. The zero-order valence-electron chi connectivity index (χ0n) is 15.8. The summed E-state index contributed by atoms with van der Waals surface area (Å²) in [6, 6.07) is 8.62. The normalized spacial score (nSPS) is 13.3. The molecule has 1 aliphatic heterocycles. The van der Waals surface area contributed by atoms with Crippen LogP contribution in [0.3, 0.4) is 0 Å². The Morgan fingerprint density at radius 2 is 1.50 bits per heavy atom. The summed E-state index contributed by atoms with van der Waals surface area (Å²) in [7, 11) is 5.03. The maximum atomic E-state index is 12.6. The molecule has 0 spiro atoms. The highest BCUT2D eigenvalue weighted by molar-refractivity contribution is 6.43. The zero-order chi connectivity index (χ0) is 20.4. The van der Waals surface area contributed by atoms with E-state index in [-0.39, 0.29) is 39.7 Å². The zero-order valence-corrected chi connectivity index (χ0v) is 17.3. The number of ether oxygens (including phenoxy) is 2. The second kappa shape index (κ2) is 8.39. The summed E-state index contributed by atoms with van der Waals surface area (Å²) >= 11 is 12.0. The van der Waals surface area contributed by atoms with Crippen molar-refractivity contribution in [1.82, 2.24) is 9.80 Å². The second-order valence-corrected chi connectivity index (χ2v) is 7.33. The molecule has 6 nitrogen and oxygen atoms in total. The van der Waals surface area contributed by atoms with Crippen molar-refractivity contribution >= 4 is 35.0 Å². The first-order valence-electron chi connectivity index (χ1n) is 8.60. The lowest BCUT2D eigenvalue weighted by molar-refractivity contribution is 0.0566. The molecule has 2 aromatic carbocycles. The summed E-state index contributed by atoms with van der Waals surface area (Å²) < 4.78 is 10.6. The number of fused-ring (bicyclic) bond motifs is 1. The fraction of sp³-hybridized carbons (Fsp3) is 0.300. The molecule has 2 amide bonds. The molecule has 0 fully saturated rings. The molecule has 0 N–H and O–H groups in total. The summed E-state index contributed by atoms with van der Waals surface area (Å²) in [5, 5.41) is 0.510. The van der Waals surface area contributed by atoms with Crippen molar-refractivity contribution in [2.24, 2.45) is 0 Å². The van der Waals surface area contributed by atoms with Gasteiger partial charge in [-0.15, -0.1) is 0 Å². The van der Waals surface area contributed by atoms with Crippen LogP contribution in [0, 0.1) is 0 Å². The number of benzene rings is 2. The van der Waals surface area contributed by atoms with E-state index in [4.69, 9.17) is 32.7 Å². The molecule has 28 heavy (non-hydrogen) atoms. The largest absolute Gasteiger partial charge is 0.493 e. The number of imide groups is 1. The van der Waals surface area contributed by atoms with Crippen molar-refractivity contribution in [1.29, 1.82) is 0 Å². The average Bonchev–Trinajstić information content (AvgIpc) is 2.91. The highest BCUT2D eigenvalue weighted by atomic mass is 35.5. The first kappa shape index (κ1) is 20.5. The SMILES string of the molecule is COc1ccc(CCN(C)CN2C(=O)c3cc(Cl)c(Cl)cc3C2=O)cc1OC. The van der Waals surface area contributed by atoms with Crippen molar-refractivity contribution in [3.8, 4) is 11.5 Å². The molecule has 0 aliphatic carbocycles. The van der Waals surface area contributed by atoms with Gasteiger partial charge in [-0.2, -0.15) is 0 Å². The molecule has 0 aromatic heterocycles. The predicted octanol–water partition coefficient (Wildman–Crippen LogP) is 3.74. The summed E-state index contributed by atoms with van der Waals surface area (Å²) in [6.07, 6.45) is 0.720. The Bertz CT molecular complexity index is 892. The Labute approximate surface area is 173 Å². The van der Waals surface area contributed by atoms with Crippen LogP contribution in [0.25, 0.3) is 0 Å². The van der Waals surface area contributed by atoms with Crippen molar-refractivity contribution in [3.05, 3.63) is 57.1 Å². The average molecular weight is 423 g/mol. The Morgan fingerprint density at radius 1 is 0.929 bits per heavy atom. The Hall–Kier alpha value is -2.28. The highest BCUT2D eigenvalue weighted by Crippen LogP contribution is 2.31. The third-order valence-electron chi connectivity index (χ3n) is 4.62. The molecule has 148 valence electrons. The molecule has 0 unspecified atom stereocenters. The van der Waals surface area contributed by atoms with Crippen molar-refractivity contribution in [3.63, 3.8) is 0 Å². The van der Waals surface area contributed by atoms with E-state index < -0.39 is 0 Å². The van der Waals surface area contributed by atoms with E-state index >= 15 is 0 Å². The minimum Gasteiger partial charge on any atom is -0.493 e. The fourth-order valence-corrected chi connectivity index (χ4v) is 3.41. The van der Waals surface area contributed by atoms with Gasteiger partial charge >= 0.3 is 0 Å². The monoisotopic (exact) mass is 422 g/mol. The summed E-state index contributed by atoms with van der Waals surface area (Å²) in [4.78, 5) is 28.3. The van der Waals surface area contributed by atoms with Gasteiger partial charge in [0.2, 0.25) is 0 Å². The Morgan fingerprint density at radius 3 is 2.04 bits per heavy atom. The third-order valence-corrected chi connectivity index (χ3v) is 5.35. The number of hydrogen-bond donors (Lipinski definition) is 0. The molecule has 1 heterocycles. The molecule has 8 heteroatoms. The number of nitrogens with zero attached hydrogens (tertiary/aromatic N) is 2. The van der Waals surface area contributed by atoms with E-state index in [0.717, 1.165) is 12.0 Å². The van der Waals surface area contributed by atoms with Crippen LogP contribution < -0.4 is 9.47 Å². The van der Waals surface area contributed by atoms with E-state index in [1.165, 1.54) is 17.0 Å². The van der Waals surface area contributed by atoms with Crippen molar-refractivity contribution in [2.45, 2.75) is 6.42 Å². The Balaban J connectivity index is 1.65. The van der Waals surface area contributed by atoms with Crippen LogP contribution in [0.15, 0.2) is 30.3 Å². The number of carbonyl (C=O) groups is 2. The van der Waals surface area contributed by atoms with Crippen LogP contribution in [-0.2, 0) is 6.42 Å². The number of methoxy groups -OCH3 is 2. The van der Waals surface area contributed by atoms with Gasteiger partial charge in [0.05, 0.1) is 42.1 Å². The molecule has 1 aliphatic rings. The fourth-order valence-electron chi connectivity index (χ4n) is 3.08. The first-order valence-corrected chi connectivity index (χ1v) is 9.36. The minimum absolute atomic E-state index is 0.175. The van der Waals surface area contributed by atoms with Crippen LogP contribution in [0.1, 0.15) is 26.3 Å². The van der Waals surface area contributed by atoms with Crippen LogP contribution >= 0.6 is 23.2 Å². The molecule has 0 saturated carbocycles. The van der Waals surface area contributed by atoms with E-state index in [0.29, 0.717) is 18.0 Å².